The number of amides is 1. The van der Waals surface area contributed by atoms with Crippen LogP contribution in [0.1, 0.15) is 64.0 Å². The van der Waals surface area contributed by atoms with Crippen LogP contribution < -0.4 is 26.6 Å². The number of hydrogen-bond donors (Lipinski definition) is 1. The lowest BCUT2D eigenvalue weighted by Gasteiger charge is -2.30. The number of aliphatic carboxylic acids is 1. The molecule has 2 heterocycles. The van der Waals surface area contributed by atoms with Gasteiger partial charge in [-0.05, 0) is 48.2 Å². The maximum Gasteiger partial charge on any atom is 1.00 e. The molecule has 208 valence electrons. The fourth-order valence-corrected chi connectivity index (χ4v) is 5.41. The number of halogens is 1. The minimum absolute atomic E-state index is 0. The maximum atomic E-state index is 13.5. The Morgan fingerprint density at radius 1 is 1.03 bits per heavy atom. The molecule has 0 spiro atoms. The zero-order valence-corrected chi connectivity index (χ0v) is 23.2. The van der Waals surface area contributed by atoms with E-state index in [0.717, 1.165) is 49.9 Å². The zero-order valence-electron chi connectivity index (χ0n) is 23.4. The van der Waals surface area contributed by atoms with Crippen molar-refractivity contribution in [3.05, 3.63) is 53.6 Å². The Bertz CT molecular complexity index is 1080. The third-order valence-electron chi connectivity index (χ3n) is 7.42. The number of carbonyl (C=O) groups excluding carboxylic acids is 1. The van der Waals surface area contributed by atoms with E-state index in [0.29, 0.717) is 23.8 Å². The molecule has 1 amide bonds. The second-order valence-corrected chi connectivity index (χ2v) is 9.82. The van der Waals surface area contributed by atoms with Crippen LogP contribution in [0.5, 0.6) is 17.2 Å². The van der Waals surface area contributed by atoms with Gasteiger partial charge in [0.1, 0.15) is 5.75 Å². The fraction of sp³-hybridized carbons (Fsp3) is 0.517. The number of fused-ring (bicyclic) bond motifs is 1. The summed E-state index contributed by atoms with van der Waals surface area (Å²) in [5.41, 5.74) is 1.73. The van der Waals surface area contributed by atoms with Crippen LogP contribution in [0.2, 0.25) is 0 Å². The highest BCUT2D eigenvalue weighted by molar-refractivity contribution is 5.79. The molecule has 3 unspecified atom stereocenters. The lowest BCUT2D eigenvalue weighted by molar-refractivity contribution is -0.144. The smallest absolute Gasteiger partial charge is 1.00 e. The predicted octanol–water partition coefficient (Wildman–Crippen LogP) is 1.81. The van der Waals surface area contributed by atoms with Gasteiger partial charge in [0.25, 0.3) is 0 Å². The van der Waals surface area contributed by atoms with Gasteiger partial charge in [-0.25, -0.2) is 0 Å². The van der Waals surface area contributed by atoms with Crippen LogP contribution in [-0.2, 0) is 9.59 Å². The van der Waals surface area contributed by atoms with Crippen molar-refractivity contribution in [2.75, 3.05) is 40.1 Å². The fourth-order valence-electron chi connectivity index (χ4n) is 5.41. The molecular weight excluding hydrogens is 508 g/mol. The number of carboxylic acids is 1. The Labute approximate surface area is 232 Å². The maximum absolute atomic E-state index is 13.5. The summed E-state index contributed by atoms with van der Waals surface area (Å²) in [7, 11) is 1.60. The Balaban J connectivity index is 0.00000267. The summed E-state index contributed by atoms with van der Waals surface area (Å²) in [4.78, 5) is 30.3. The Morgan fingerprint density at radius 3 is 2.26 bits per heavy atom. The minimum atomic E-state index is -0.882. The van der Waals surface area contributed by atoms with Crippen molar-refractivity contribution in [3.63, 3.8) is 0 Å². The third-order valence-corrected chi connectivity index (χ3v) is 7.42. The Kier molecular flexibility index (Phi) is 10.7. The predicted molar refractivity (Wildman–Crippen MR) is 141 cm³/mol. The quantitative estimate of drug-likeness (QED) is 0.434. The zero-order chi connectivity index (χ0) is 26.4. The largest absolute Gasteiger partial charge is 1.00 e. The molecule has 38 heavy (non-hydrogen) atoms. The number of hydrogen-bond acceptors (Lipinski definition) is 6. The van der Waals surface area contributed by atoms with Crippen LogP contribution in [0.3, 0.4) is 0 Å². The SMILES string of the molecule is CCCCN(CCCC)C(=O)CN1CC(c2ccc3c(c2)OCO3)C(C(=O)O)C1c1ccc(OC)cc1.[Cl-].[H+]. The molecule has 4 rings (SSSR count). The number of carbonyl (C=O) groups is 2. The Hall–Kier alpha value is -2.97. The van der Waals surface area contributed by atoms with Gasteiger partial charge in [-0.1, -0.05) is 44.9 Å². The molecule has 0 saturated carbocycles. The molecule has 1 fully saturated rings. The Morgan fingerprint density at radius 2 is 1.66 bits per heavy atom. The van der Waals surface area contributed by atoms with Gasteiger partial charge in [0, 0.05) is 31.6 Å². The van der Waals surface area contributed by atoms with Gasteiger partial charge in [0.15, 0.2) is 11.5 Å². The second kappa shape index (κ2) is 13.7. The third kappa shape index (κ3) is 6.53. The van der Waals surface area contributed by atoms with Gasteiger partial charge >= 0.3 is 7.40 Å². The monoisotopic (exact) mass is 546 g/mol. The molecule has 2 aromatic carbocycles. The summed E-state index contributed by atoms with van der Waals surface area (Å²) in [6.45, 7) is 6.48. The first-order valence-electron chi connectivity index (χ1n) is 13.2. The van der Waals surface area contributed by atoms with E-state index < -0.39 is 17.9 Å². The molecule has 1 N–H and O–H groups in total. The van der Waals surface area contributed by atoms with Crippen LogP contribution in [-0.4, -0.2) is 66.9 Å². The van der Waals surface area contributed by atoms with Crippen molar-refractivity contribution in [1.82, 2.24) is 9.80 Å². The van der Waals surface area contributed by atoms with E-state index in [9.17, 15) is 14.7 Å². The van der Waals surface area contributed by atoms with Crippen LogP contribution in [0.4, 0.5) is 0 Å². The average molecular weight is 547 g/mol. The van der Waals surface area contributed by atoms with Gasteiger partial charge in [0.2, 0.25) is 12.7 Å². The molecule has 0 radical (unpaired) electrons. The molecule has 2 aliphatic rings. The number of carboxylic acid groups (broad SMARTS) is 1. The first-order valence-corrected chi connectivity index (χ1v) is 13.2. The first-order chi connectivity index (χ1) is 18.0. The van der Waals surface area contributed by atoms with Crippen molar-refractivity contribution >= 4 is 11.9 Å². The summed E-state index contributed by atoms with van der Waals surface area (Å²) < 4.78 is 16.3. The van der Waals surface area contributed by atoms with Gasteiger partial charge in [-0.2, -0.15) is 0 Å². The van der Waals surface area contributed by atoms with Crippen molar-refractivity contribution in [2.24, 2.45) is 5.92 Å². The van der Waals surface area contributed by atoms with Gasteiger partial charge in [-0.3, -0.25) is 14.5 Å². The molecule has 2 aromatic rings. The normalized spacial score (nSPS) is 20.1. The molecule has 3 atom stereocenters. The van der Waals surface area contributed by atoms with Gasteiger partial charge in [0.05, 0.1) is 19.6 Å². The number of unbranched alkanes of at least 4 members (excludes halogenated alkanes) is 2. The van der Waals surface area contributed by atoms with Crippen LogP contribution in [0, 0.1) is 5.92 Å². The summed E-state index contributed by atoms with van der Waals surface area (Å²) in [5, 5.41) is 10.5. The lowest BCUT2D eigenvalue weighted by Crippen LogP contribution is -3.00. The topological polar surface area (TPSA) is 88.5 Å². The lowest BCUT2D eigenvalue weighted by atomic mass is 9.82. The van der Waals surface area contributed by atoms with E-state index in [2.05, 4.69) is 13.8 Å². The summed E-state index contributed by atoms with van der Waals surface area (Å²) in [6.07, 6.45) is 3.94. The van der Waals surface area contributed by atoms with E-state index in [4.69, 9.17) is 14.2 Å². The summed E-state index contributed by atoms with van der Waals surface area (Å²) in [5.74, 6) is 0.113. The number of nitrogens with zero attached hydrogens (tertiary/aromatic N) is 2. The number of ether oxygens (including phenoxy) is 3. The number of rotatable bonds is 12. The molecular formula is C29H39ClN2O6. The van der Waals surface area contributed by atoms with Crippen molar-refractivity contribution in [3.8, 4) is 17.2 Å². The van der Waals surface area contributed by atoms with E-state index in [1.807, 2.05) is 52.3 Å². The molecule has 0 aliphatic carbocycles. The van der Waals surface area contributed by atoms with Crippen LogP contribution in [0.15, 0.2) is 42.5 Å². The summed E-state index contributed by atoms with van der Waals surface area (Å²) in [6, 6.07) is 12.7. The van der Waals surface area contributed by atoms with Crippen molar-refractivity contribution in [2.45, 2.75) is 51.5 Å². The molecule has 8 nitrogen and oxygen atoms in total. The highest BCUT2D eigenvalue weighted by Gasteiger charge is 2.48. The van der Waals surface area contributed by atoms with E-state index >= 15 is 0 Å². The van der Waals surface area contributed by atoms with Crippen LogP contribution in [0.25, 0.3) is 0 Å². The van der Waals surface area contributed by atoms with Crippen molar-refractivity contribution in [1.29, 1.82) is 0 Å². The number of methoxy groups -OCH3 is 1. The standard InChI is InChI=1S/C29H38N2O6.ClH/c1-4-6-14-30(15-7-5-2)26(32)18-31-17-23(21-10-13-24-25(16-21)37-19-36-24)27(29(33)34)28(31)20-8-11-22(35-3)12-9-20;/h8-13,16,23,27-28H,4-7,14-15,17-19H2,1-3H3,(H,33,34);1H. The van der Waals surface area contributed by atoms with E-state index in [1.54, 1.807) is 7.11 Å². The minimum Gasteiger partial charge on any atom is -1.00 e. The molecule has 0 aromatic heterocycles. The number of benzene rings is 2. The van der Waals surface area contributed by atoms with Gasteiger partial charge in [-0.15, -0.1) is 0 Å². The van der Waals surface area contributed by atoms with Crippen LogP contribution >= 0.6 is 0 Å². The van der Waals surface area contributed by atoms with Crippen molar-refractivity contribution < 1.29 is 42.7 Å². The first kappa shape index (κ1) is 29.6. The molecule has 1 saturated heterocycles. The average Bonchev–Trinajstić information content (AvgIpc) is 3.53. The second-order valence-electron chi connectivity index (χ2n) is 9.82. The molecule has 0 bridgehead atoms. The van der Waals surface area contributed by atoms with E-state index in [-0.39, 0.29) is 39.0 Å². The number of likely N-dealkylation sites (tertiary alicyclic amines) is 1. The molecule has 2 aliphatic heterocycles. The van der Waals surface area contributed by atoms with Gasteiger partial charge < -0.3 is 36.6 Å². The highest BCUT2D eigenvalue weighted by atomic mass is 35.5. The van der Waals surface area contributed by atoms with E-state index in [1.165, 1.54) is 0 Å². The highest BCUT2D eigenvalue weighted by Crippen LogP contribution is 2.47. The summed E-state index contributed by atoms with van der Waals surface area (Å²) >= 11 is 0. The molecule has 9 heteroatoms.